The maximum atomic E-state index is 12.5. The number of aromatic nitrogens is 1. The fourth-order valence-electron chi connectivity index (χ4n) is 3.32. The summed E-state index contributed by atoms with van der Waals surface area (Å²) in [5.74, 6) is 1.50. The first kappa shape index (κ1) is 18.2. The number of hydrogen-bond acceptors (Lipinski definition) is 4. The van der Waals surface area contributed by atoms with Crippen LogP contribution in [-0.2, 0) is 6.42 Å². The van der Waals surface area contributed by atoms with Gasteiger partial charge in [-0.3, -0.25) is 9.78 Å². The van der Waals surface area contributed by atoms with E-state index in [0.717, 1.165) is 42.4 Å². The summed E-state index contributed by atoms with van der Waals surface area (Å²) >= 11 is 0. The normalized spacial score (nSPS) is 14.9. The zero-order valence-electron chi connectivity index (χ0n) is 15.6. The largest absolute Gasteiger partial charge is 0.496 e. The number of hydrogen-bond donors (Lipinski definition) is 1. The van der Waals surface area contributed by atoms with E-state index < -0.39 is 0 Å². The number of benzene rings is 1. The Morgan fingerprint density at radius 2 is 2.04 bits per heavy atom. The zero-order valence-corrected chi connectivity index (χ0v) is 15.6. The molecular weight excluding hydrogens is 326 g/mol. The molecule has 0 bridgehead atoms. The maximum absolute atomic E-state index is 12.5. The predicted molar refractivity (Wildman–Crippen MR) is 104 cm³/mol. The predicted octanol–water partition coefficient (Wildman–Crippen LogP) is 3.30. The van der Waals surface area contributed by atoms with E-state index in [4.69, 9.17) is 4.74 Å². The smallest absolute Gasteiger partial charge is 0.269 e. The second-order valence-electron chi connectivity index (χ2n) is 6.89. The van der Waals surface area contributed by atoms with Crippen molar-refractivity contribution in [1.82, 2.24) is 10.3 Å². The number of piperidine rings is 1. The minimum absolute atomic E-state index is 0.132. The fourth-order valence-corrected chi connectivity index (χ4v) is 3.32. The Kier molecular flexibility index (Phi) is 6.10. The Bertz CT molecular complexity index is 740. The summed E-state index contributed by atoms with van der Waals surface area (Å²) in [4.78, 5) is 19.0. The van der Waals surface area contributed by atoms with Gasteiger partial charge in [0.1, 0.15) is 11.4 Å². The van der Waals surface area contributed by atoms with Gasteiger partial charge in [-0.15, -0.1) is 0 Å². The first-order valence-corrected chi connectivity index (χ1v) is 9.28. The number of methoxy groups -OCH3 is 1. The van der Waals surface area contributed by atoms with Gasteiger partial charge in [-0.05, 0) is 48.9 Å². The molecule has 1 aliphatic rings. The van der Waals surface area contributed by atoms with E-state index in [9.17, 15) is 4.79 Å². The van der Waals surface area contributed by atoms with Crippen LogP contribution in [0.3, 0.4) is 0 Å². The third-order valence-electron chi connectivity index (χ3n) is 5.00. The van der Waals surface area contributed by atoms with E-state index in [0.29, 0.717) is 12.2 Å². The molecule has 1 amide bonds. The van der Waals surface area contributed by atoms with Gasteiger partial charge in [-0.2, -0.15) is 0 Å². The highest BCUT2D eigenvalue weighted by Crippen LogP contribution is 2.23. The van der Waals surface area contributed by atoms with Crippen LogP contribution in [0.25, 0.3) is 0 Å². The molecule has 3 rings (SSSR count). The molecule has 1 saturated heterocycles. The molecule has 2 aromatic rings. The van der Waals surface area contributed by atoms with E-state index in [1.165, 1.54) is 12.8 Å². The second-order valence-corrected chi connectivity index (χ2v) is 6.89. The molecule has 0 radical (unpaired) electrons. The number of rotatable bonds is 6. The second kappa shape index (κ2) is 8.70. The minimum atomic E-state index is -0.132. The average Bonchev–Trinajstić information content (AvgIpc) is 2.69. The highest BCUT2D eigenvalue weighted by atomic mass is 16.5. The van der Waals surface area contributed by atoms with Gasteiger partial charge in [0.2, 0.25) is 0 Å². The van der Waals surface area contributed by atoms with E-state index in [-0.39, 0.29) is 5.91 Å². The van der Waals surface area contributed by atoms with Gasteiger partial charge in [-0.25, -0.2) is 0 Å². The number of nitrogens with one attached hydrogen (secondary N) is 1. The van der Waals surface area contributed by atoms with Crippen molar-refractivity contribution in [2.45, 2.75) is 26.2 Å². The minimum Gasteiger partial charge on any atom is -0.496 e. The number of para-hydroxylation sites is 1. The van der Waals surface area contributed by atoms with Crippen molar-refractivity contribution < 1.29 is 9.53 Å². The summed E-state index contributed by atoms with van der Waals surface area (Å²) in [5.41, 5.74) is 2.64. The van der Waals surface area contributed by atoms with Gasteiger partial charge in [0.05, 0.1) is 7.11 Å². The van der Waals surface area contributed by atoms with E-state index in [2.05, 4.69) is 22.1 Å². The lowest BCUT2D eigenvalue weighted by Crippen LogP contribution is -2.33. The Morgan fingerprint density at radius 3 is 2.81 bits per heavy atom. The molecule has 0 unspecified atom stereocenters. The molecule has 1 aromatic heterocycles. The Morgan fingerprint density at radius 1 is 1.27 bits per heavy atom. The van der Waals surface area contributed by atoms with Crippen LogP contribution >= 0.6 is 0 Å². The van der Waals surface area contributed by atoms with Crippen LogP contribution in [0.4, 0.5) is 5.69 Å². The molecule has 5 nitrogen and oxygen atoms in total. The lowest BCUT2D eigenvalue weighted by atomic mass is 9.99. The maximum Gasteiger partial charge on any atom is 0.269 e. The van der Waals surface area contributed by atoms with Crippen LogP contribution in [0.1, 0.15) is 35.8 Å². The summed E-state index contributed by atoms with van der Waals surface area (Å²) < 4.78 is 5.35. The topological polar surface area (TPSA) is 54.5 Å². The van der Waals surface area contributed by atoms with Gasteiger partial charge in [-0.1, -0.05) is 25.1 Å². The zero-order chi connectivity index (χ0) is 18.4. The molecular formula is C21H27N3O2. The van der Waals surface area contributed by atoms with Gasteiger partial charge in [0.25, 0.3) is 5.91 Å². The molecule has 1 aromatic carbocycles. The van der Waals surface area contributed by atoms with Gasteiger partial charge < -0.3 is 15.0 Å². The molecule has 26 heavy (non-hydrogen) atoms. The SMILES string of the molecule is COc1ccccc1CCNC(=O)c1cc(N2CCC(C)CC2)ccn1. The van der Waals surface area contributed by atoms with Gasteiger partial charge >= 0.3 is 0 Å². The van der Waals surface area contributed by atoms with Crippen LogP contribution in [0.15, 0.2) is 42.6 Å². The molecule has 1 N–H and O–H groups in total. The summed E-state index contributed by atoms with van der Waals surface area (Å²) in [6, 6.07) is 11.8. The summed E-state index contributed by atoms with van der Waals surface area (Å²) in [5, 5.41) is 2.96. The number of anilines is 1. The van der Waals surface area contributed by atoms with Gasteiger partial charge in [0, 0.05) is 31.5 Å². The van der Waals surface area contributed by atoms with Gasteiger partial charge in [0.15, 0.2) is 0 Å². The first-order chi connectivity index (χ1) is 12.7. The number of pyridine rings is 1. The molecule has 5 heteroatoms. The Hall–Kier alpha value is -2.56. The van der Waals surface area contributed by atoms with Crippen LogP contribution in [0.5, 0.6) is 5.75 Å². The number of nitrogens with zero attached hydrogens (tertiary/aromatic N) is 2. The number of carbonyl (C=O) groups excluding carboxylic acids is 1. The quantitative estimate of drug-likeness (QED) is 0.866. The Balaban J connectivity index is 1.57. The van der Waals surface area contributed by atoms with E-state index in [1.54, 1.807) is 13.3 Å². The molecule has 0 saturated carbocycles. The molecule has 1 aliphatic heterocycles. The lowest BCUT2D eigenvalue weighted by molar-refractivity contribution is 0.0949. The molecule has 1 fully saturated rings. The molecule has 0 atom stereocenters. The van der Waals surface area contributed by atoms with Crippen molar-refractivity contribution in [2.75, 3.05) is 31.6 Å². The van der Waals surface area contributed by atoms with Crippen molar-refractivity contribution in [2.24, 2.45) is 5.92 Å². The van der Waals surface area contributed by atoms with Crippen molar-refractivity contribution in [3.05, 3.63) is 53.9 Å². The van der Waals surface area contributed by atoms with Crippen molar-refractivity contribution in [3.63, 3.8) is 0 Å². The number of ether oxygens (including phenoxy) is 1. The van der Waals surface area contributed by atoms with Crippen molar-refractivity contribution in [3.8, 4) is 5.75 Å². The van der Waals surface area contributed by atoms with Crippen LogP contribution in [-0.4, -0.2) is 37.6 Å². The van der Waals surface area contributed by atoms with Crippen LogP contribution in [0, 0.1) is 5.92 Å². The van der Waals surface area contributed by atoms with Crippen molar-refractivity contribution in [1.29, 1.82) is 0 Å². The molecule has 138 valence electrons. The van der Waals surface area contributed by atoms with Crippen molar-refractivity contribution >= 4 is 11.6 Å². The summed E-state index contributed by atoms with van der Waals surface area (Å²) in [6.45, 7) is 4.93. The third kappa shape index (κ3) is 4.54. The number of carbonyl (C=O) groups is 1. The summed E-state index contributed by atoms with van der Waals surface area (Å²) in [7, 11) is 1.66. The van der Waals surface area contributed by atoms with E-state index >= 15 is 0 Å². The van der Waals surface area contributed by atoms with Crippen LogP contribution < -0.4 is 15.0 Å². The Labute approximate surface area is 155 Å². The highest BCUT2D eigenvalue weighted by molar-refractivity contribution is 5.93. The van der Waals surface area contributed by atoms with Crippen LogP contribution in [0.2, 0.25) is 0 Å². The molecule has 0 spiro atoms. The molecule has 0 aliphatic carbocycles. The average molecular weight is 353 g/mol. The first-order valence-electron chi connectivity index (χ1n) is 9.28. The van der Waals surface area contributed by atoms with E-state index in [1.807, 2.05) is 36.4 Å². The number of amides is 1. The molecule has 2 heterocycles. The third-order valence-corrected chi connectivity index (χ3v) is 5.00. The summed E-state index contributed by atoms with van der Waals surface area (Å²) in [6.07, 6.45) is 4.84. The lowest BCUT2D eigenvalue weighted by Gasteiger charge is -2.32. The monoisotopic (exact) mass is 353 g/mol. The standard InChI is InChI=1S/C21H27N3O2/c1-16-9-13-24(14-10-16)18-8-12-22-19(15-18)21(25)23-11-7-17-5-3-4-6-20(17)26-2/h3-6,8,12,15-16H,7,9-11,13-14H2,1-2H3,(H,23,25). The highest BCUT2D eigenvalue weighted by Gasteiger charge is 2.17. The fraction of sp³-hybridized carbons (Fsp3) is 0.429.